The molecule has 21 heavy (non-hydrogen) atoms. The molecule has 2 aromatic carbocycles. The fourth-order valence-corrected chi connectivity index (χ4v) is 2.28. The second-order valence-corrected chi connectivity index (χ2v) is 5.45. The Morgan fingerprint density at radius 1 is 1.05 bits per heavy atom. The second kappa shape index (κ2) is 6.44. The summed E-state index contributed by atoms with van der Waals surface area (Å²) in [6, 6.07) is 9.98. The molecule has 0 bridgehead atoms. The number of Topliss-reactive ketones (excluding diaryl/α,β-unsaturated/α-hetero) is 1. The largest absolute Gasteiger partial charge is 0.292 e. The van der Waals surface area contributed by atoms with Crippen molar-refractivity contribution in [1.29, 1.82) is 5.26 Å². The number of hydrogen-bond acceptors (Lipinski definition) is 2. The number of ketones is 1. The maximum absolute atomic E-state index is 13.1. The molecule has 1 atom stereocenters. The lowest BCUT2D eigenvalue weighted by Crippen LogP contribution is -2.11. The summed E-state index contributed by atoms with van der Waals surface area (Å²) in [5.74, 6) is -2.18. The predicted octanol–water partition coefficient (Wildman–Crippen LogP) is 5.28. The van der Waals surface area contributed by atoms with Gasteiger partial charge in [-0.05, 0) is 35.9 Å². The van der Waals surface area contributed by atoms with E-state index >= 15 is 0 Å². The van der Waals surface area contributed by atoms with Gasteiger partial charge < -0.3 is 0 Å². The van der Waals surface area contributed by atoms with Crippen LogP contribution in [0.2, 0.25) is 15.1 Å². The van der Waals surface area contributed by atoms with Gasteiger partial charge in [-0.25, -0.2) is 4.39 Å². The van der Waals surface area contributed by atoms with E-state index in [-0.39, 0.29) is 15.6 Å². The van der Waals surface area contributed by atoms with E-state index in [1.54, 1.807) is 6.07 Å². The van der Waals surface area contributed by atoms with Gasteiger partial charge in [-0.2, -0.15) is 5.26 Å². The number of carbonyl (C=O) groups excluding carboxylic acids is 1. The van der Waals surface area contributed by atoms with Gasteiger partial charge in [0.05, 0.1) is 21.1 Å². The van der Waals surface area contributed by atoms with Crippen molar-refractivity contribution in [2.75, 3.05) is 0 Å². The highest BCUT2D eigenvalue weighted by atomic mass is 35.5. The average Bonchev–Trinajstić information content (AvgIpc) is 2.46. The molecule has 0 aliphatic carbocycles. The van der Waals surface area contributed by atoms with E-state index in [2.05, 4.69) is 0 Å². The number of halogens is 4. The third-order valence-corrected chi connectivity index (χ3v) is 3.90. The number of nitriles is 1. The maximum Gasteiger partial charge on any atom is 0.184 e. The summed E-state index contributed by atoms with van der Waals surface area (Å²) in [4.78, 5) is 12.4. The molecule has 0 aliphatic heterocycles. The molecule has 2 nitrogen and oxygen atoms in total. The Balaban J connectivity index is 2.41. The van der Waals surface area contributed by atoms with Crippen molar-refractivity contribution in [2.24, 2.45) is 0 Å². The number of rotatable bonds is 3. The van der Waals surface area contributed by atoms with Crippen LogP contribution < -0.4 is 0 Å². The second-order valence-electron chi connectivity index (χ2n) is 4.23. The Hall–Kier alpha value is -1.60. The SMILES string of the molecule is N#CC(C(=O)c1ccc(F)c(Cl)c1)c1ccc(Cl)c(Cl)c1. The van der Waals surface area contributed by atoms with Gasteiger partial charge in [-0.3, -0.25) is 4.79 Å². The first-order chi connectivity index (χ1) is 9.93. The predicted molar refractivity (Wildman–Crippen MR) is 80.6 cm³/mol. The van der Waals surface area contributed by atoms with Crippen molar-refractivity contribution in [3.8, 4) is 6.07 Å². The van der Waals surface area contributed by atoms with Crippen LogP contribution in [0.4, 0.5) is 4.39 Å². The molecule has 0 N–H and O–H groups in total. The Bertz CT molecular complexity index is 755. The zero-order valence-electron chi connectivity index (χ0n) is 10.4. The normalized spacial score (nSPS) is 11.8. The van der Waals surface area contributed by atoms with Gasteiger partial charge >= 0.3 is 0 Å². The molecule has 0 aliphatic rings. The van der Waals surface area contributed by atoms with Crippen LogP contribution in [-0.4, -0.2) is 5.78 Å². The maximum atomic E-state index is 13.1. The Kier molecular flexibility index (Phi) is 4.84. The van der Waals surface area contributed by atoms with Gasteiger partial charge in [-0.1, -0.05) is 40.9 Å². The standard InChI is InChI=1S/C15H7Cl3FNO/c16-11-3-1-8(5-12(11)17)10(7-20)15(21)9-2-4-14(19)13(18)6-9/h1-6,10H. The van der Waals surface area contributed by atoms with Crippen LogP contribution in [0.3, 0.4) is 0 Å². The van der Waals surface area contributed by atoms with E-state index in [0.717, 1.165) is 6.07 Å². The highest BCUT2D eigenvalue weighted by Gasteiger charge is 2.23. The lowest BCUT2D eigenvalue weighted by molar-refractivity contribution is 0.0979. The average molecular weight is 343 g/mol. The Morgan fingerprint density at radius 3 is 2.33 bits per heavy atom. The highest BCUT2D eigenvalue weighted by molar-refractivity contribution is 6.42. The summed E-state index contributed by atoms with van der Waals surface area (Å²) in [7, 11) is 0. The van der Waals surface area contributed by atoms with Gasteiger partial charge in [0.25, 0.3) is 0 Å². The van der Waals surface area contributed by atoms with Crippen molar-refractivity contribution in [3.63, 3.8) is 0 Å². The van der Waals surface area contributed by atoms with Crippen LogP contribution in [-0.2, 0) is 0 Å². The molecule has 0 saturated carbocycles. The van der Waals surface area contributed by atoms with Gasteiger partial charge in [0.1, 0.15) is 11.7 Å². The topological polar surface area (TPSA) is 40.9 Å². The third kappa shape index (κ3) is 3.36. The monoisotopic (exact) mass is 341 g/mol. The summed E-state index contributed by atoms with van der Waals surface area (Å²) in [5, 5.41) is 9.64. The quantitative estimate of drug-likeness (QED) is 0.712. The minimum Gasteiger partial charge on any atom is -0.292 e. The van der Waals surface area contributed by atoms with Crippen molar-refractivity contribution >= 4 is 40.6 Å². The first-order valence-electron chi connectivity index (χ1n) is 5.78. The summed E-state index contributed by atoms with van der Waals surface area (Å²) in [6.45, 7) is 0. The summed E-state index contributed by atoms with van der Waals surface area (Å²) in [5.41, 5.74) is 0.566. The van der Waals surface area contributed by atoms with Gasteiger partial charge in [0.15, 0.2) is 5.78 Å². The molecule has 0 amide bonds. The van der Waals surface area contributed by atoms with Crippen LogP contribution >= 0.6 is 34.8 Å². The summed E-state index contributed by atoms with van der Waals surface area (Å²) < 4.78 is 13.1. The minimum atomic E-state index is -1.07. The van der Waals surface area contributed by atoms with Crippen LogP contribution in [0.1, 0.15) is 21.8 Å². The molecule has 2 aromatic rings. The van der Waals surface area contributed by atoms with Crippen molar-refractivity contribution < 1.29 is 9.18 Å². The fourth-order valence-electron chi connectivity index (χ4n) is 1.79. The van der Waals surface area contributed by atoms with Crippen molar-refractivity contribution in [2.45, 2.75) is 5.92 Å². The highest BCUT2D eigenvalue weighted by Crippen LogP contribution is 2.29. The van der Waals surface area contributed by atoms with Crippen LogP contribution in [0.25, 0.3) is 0 Å². The third-order valence-electron chi connectivity index (χ3n) is 2.87. The lowest BCUT2D eigenvalue weighted by Gasteiger charge is -2.10. The number of hydrogen-bond donors (Lipinski definition) is 0. The Labute approximate surface area is 135 Å². The fraction of sp³-hybridized carbons (Fsp3) is 0.0667. The summed E-state index contributed by atoms with van der Waals surface area (Å²) in [6.07, 6.45) is 0. The molecule has 0 radical (unpaired) electrons. The first-order valence-corrected chi connectivity index (χ1v) is 6.91. The smallest absolute Gasteiger partial charge is 0.184 e. The van der Waals surface area contributed by atoms with E-state index in [9.17, 15) is 14.4 Å². The van der Waals surface area contributed by atoms with Gasteiger partial charge in [-0.15, -0.1) is 0 Å². The van der Waals surface area contributed by atoms with E-state index in [0.29, 0.717) is 10.6 Å². The zero-order valence-corrected chi connectivity index (χ0v) is 12.7. The van der Waals surface area contributed by atoms with Crippen LogP contribution in [0, 0.1) is 17.1 Å². The molecule has 0 saturated heterocycles. The van der Waals surface area contributed by atoms with Crippen molar-refractivity contribution in [3.05, 3.63) is 68.4 Å². The Morgan fingerprint density at radius 2 is 1.76 bits per heavy atom. The van der Waals surface area contributed by atoms with Gasteiger partial charge in [0.2, 0.25) is 0 Å². The number of carbonyl (C=O) groups is 1. The zero-order chi connectivity index (χ0) is 15.6. The van der Waals surface area contributed by atoms with E-state index in [4.69, 9.17) is 34.8 Å². The van der Waals surface area contributed by atoms with Crippen molar-refractivity contribution in [1.82, 2.24) is 0 Å². The molecule has 6 heteroatoms. The molecule has 0 spiro atoms. The molecule has 0 aromatic heterocycles. The summed E-state index contributed by atoms with van der Waals surface area (Å²) >= 11 is 17.3. The van der Waals surface area contributed by atoms with E-state index in [1.165, 1.54) is 24.3 Å². The van der Waals surface area contributed by atoms with Crippen LogP contribution in [0.5, 0.6) is 0 Å². The number of nitrogens with zero attached hydrogens (tertiary/aromatic N) is 1. The van der Waals surface area contributed by atoms with E-state index in [1.807, 2.05) is 6.07 Å². The molecule has 2 rings (SSSR count). The molecule has 1 unspecified atom stereocenters. The van der Waals surface area contributed by atoms with Crippen LogP contribution in [0.15, 0.2) is 36.4 Å². The molecule has 106 valence electrons. The van der Waals surface area contributed by atoms with Gasteiger partial charge in [0, 0.05) is 5.56 Å². The lowest BCUT2D eigenvalue weighted by atomic mass is 9.92. The van der Waals surface area contributed by atoms with E-state index < -0.39 is 17.5 Å². The molecule has 0 heterocycles. The first kappa shape index (κ1) is 15.8. The molecular weight excluding hydrogens is 336 g/mol. The minimum absolute atomic E-state index is 0.152. The molecule has 0 fully saturated rings. The molecular formula is C15H7Cl3FNO. The number of benzene rings is 2.